The summed E-state index contributed by atoms with van der Waals surface area (Å²) in [6.07, 6.45) is 1.26. The molecule has 0 fully saturated rings. The molecule has 0 radical (unpaired) electrons. The van der Waals surface area contributed by atoms with E-state index < -0.39 is 0 Å². The number of hydrogen-bond acceptors (Lipinski definition) is 0. The Labute approximate surface area is 135 Å². The van der Waals surface area contributed by atoms with Crippen molar-refractivity contribution in [3.05, 3.63) is 35.4 Å². The third kappa shape index (κ3) is 6.68. The molecule has 0 saturated carbocycles. The SMILES string of the molecule is C.C.CC(C)CC(c1ccc(C(C)(C)C)cc1)C(C)(C)C. The molecule has 0 heterocycles. The van der Waals surface area contributed by atoms with E-state index >= 15 is 0 Å². The van der Waals surface area contributed by atoms with Crippen molar-refractivity contribution in [1.82, 2.24) is 0 Å². The van der Waals surface area contributed by atoms with E-state index in [0.717, 1.165) is 5.92 Å². The van der Waals surface area contributed by atoms with Crippen LogP contribution in [0.5, 0.6) is 0 Å². The maximum atomic E-state index is 2.36. The third-order valence-corrected chi connectivity index (χ3v) is 3.93. The molecule has 21 heavy (non-hydrogen) atoms. The van der Waals surface area contributed by atoms with Crippen LogP contribution in [0.3, 0.4) is 0 Å². The molecule has 1 rings (SSSR count). The van der Waals surface area contributed by atoms with Crippen LogP contribution in [0, 0.1) is 11.3 Å². The molecule has 0 saturated heterocycles. The molecule has 0 N–H and O–H groups in total. The molecular formula is C21H40. The predicted molar refractivity (Wildman–Crippen MR) is 100 cm³/mol. The van der Waals surface area contributed by atoms with Gasteiger partial charge in [-0.05, 0) is 40.2 Å². The summed E-state index contributed by atoms with van der Waals surface area (Å²) in [7, 11) is 0. The minimum atomic E-state index is 0. The molecule has 0 aliphatic heterocycles. The van der Waals surface area contributed by atoms with Gasteiger partial charge in [0.25, 0.3) is 0 Å². The zero-order valence-electron chi connectivity index (χ0n) is 14.2. The van der Waals surface area contributed by atoms with Gasteiger partial charge >= 0.3 is 0 Å². The van der Waals surface area contributed by atoms with Crippen molar-refractivity contribution in [2.24, 2.45) is 11.3 Å². The van der Waals surface area contributed by atoms with Crippen LogP contribution >= 0.6 is 0 Å². The fourth-order valence-electron chi connectivity index (χ4n) is 2.68. The molecule has 0 spiro atoms. The number of hydrogen-bond donors (Lipinski definition) is 0. The van der Waals surface area contributed by atoms with Gasteiger partial charge in [0.1, 0.15) is 0 Å². The fraction of sp³-hybridized carbons (Fsp3) is 0.714. The van der Waals surface area contributed by atoms with Gasteiger partial charge in [-0.1, -0.05) is 94.5 Å². The van der Waals surface area contributed by atoms with E-state index in [1.54, 1.807) is 0 Å². The highest BCUT2D eigenvalue weighted by Gasteiger charge is 2.27. The highest BCUT2D eigenvalue weighted by atomic mass is 14.3. The highest BCUT2D eigenvalue weighted by Crippen LogP contribution is 2.40. The summed E-state index contributed by atoms with van der Waals surface area (Å²) in [6, 6.07) is 9.32. The second kappa shape index (κ2) is 8.01. The van der Waals surface area contributed by atoms with Crippen LogP contribution in [-0.4, -0.2) is 0 Å². The van der Waals surface area contributed by atoms with Gasteiger partial charge in [0.15, 0.2) is 0 Å². The summed E-state index contributed by atoms with van der Waals surface area (Å²) in [5, 5.41) is 0. The van der Waals surface area contributed by atoms with Gasteiger partial charge in [-0.15, -0.1) is 0 Å². The van der Waals surface area contributed by atoms with Gasteiger partial charge < -0.3 is 0 Å². The first kappa shape index (κ1) is 22.5. The van der Waals surface area contributed by atoms with Crippen molar-refractivity contribution in [2.75, 3.05) is 0 Å². The molecule has 0 nitrogen and oxygen atoms in total. The average molecular weight is 293 g/mol. The molecule has 0 amide bonds. The van der Waals surface area contributed by atoms with Crippen LogP contribution in [0.15, 0.2) is 24.3 Å². The summed E-state index contributed by atoms with van der Waals surface area (Å²) >= 11 is 0. The van der Waals surface area contributed by atoms with Crippen LogP contribution in [0.1, 0.15) is 93.7 Å². The van der Waals surface area contributed by atoms with Crippen molar-refractivity contribution >= 4 is 0 Å². The zero-order valence-corrected chi connectivity index (χ0v) is 14.2. The highest BCUT2D eigenvalue weighted by molar-refractivity contribution is 5.30. The largest absolute Gasteiger partial charge is 0.0776 e. The Morgan fingerprint density at radius 2 is 1.24 bits per heavy atom. The monoisotopic (exact) mass is 292 g/mol. The van der Waals surface area contributed by atoms with Crippen molar-refractivity contribution < 1.29 is 0 Å². The smallest absolute Gasteiger partial charge is 0.0111 e. The van der Waals surface area contributed by atoms with E-state index in [4.69, 9.17) is 0 Å². The Balaban J connectivity index is 0. The number of benzene rings is 1. The summed E-state index contributed by atoms with van der Waals surface area (Å²) in [5.41, 5.74) is 3.49. The Kier molecular flexibility index (Phi) is 8.58. The lowest BCUT2D eigenvalue weighted by molar-refractivity contribution is 0.280. The molecule has 0 bridgehead atoms. The van der Waals surface area contributed by atoms with Crippen molar-refractivity contribution in [3.8, 4) is 0 Å². The van der Waals surface area contributed by atoms with E-state index in [-0.39, 0.29) is 20.3 Å². The minimum absolute atomic E-state index is 0. The topological polar surface area (TPSA) is 0 Å². The Hall–Kier alpha value is -0.780. The van der Waals surface area contributed by atoms with E-state index in [1.807, 2.05) is 0 Å². The summed E-state index contributed by atoms with van der Waals surface area (Å²) < 4.78 is 0. The lowest BCUT2D eigenvalue weighted by Crippen LogP contribution is -2.20. The zero-order chi connectivity index (χ0) is 14.8. The average Bonchev–Trinajstić information content (AvgIpc) is 2.23. The first-order valence-electron chi connectivity index (χ1n) is 7.62. The molecular weight excluding hydrogens is 252 g/mol. The van der Waals surface area contributed by atoms with Crippen LogP contribution in [0.25, 0.3) is 0 Å². The van der Waals surface area contributed by atoms with Crippen molar-refractivity contribution in [3.63, 3.8) is 0 Å². The Morgan fingerprint density at radius 1 is 0.810 bits per heavy atom. The predicted octanol–water partition coefficient (Wildman–Crippen LogP) is 7.43. The van der Waals surface area contributed by atoms with Gasteiger partial charge in [-0.3, -0.25) is 0 Å². The van der Waals surface area contributed by atoms with E-state index in [9.17, 15) is 0 Å². The summed E-state index contributed by atoms with van der Waals surface area (Å²) in [6.45, 7) is 18.5. The second-order valence-corrected chi connectivity index (χ2v) is 8.42. The number of rotatable bonds is 3. The van der Waals surface area contributed by atoms with Crippen LogP contribution in [-0.2, 0) is 5.41 Å². The maximum absolute atomic E-state index is 2.36. The van der Waals surface area contributed by atoms with Gasteiger partial charge in [-0.2, -0.15) is 0 Å². The molecule has 1 aromatic carbocycles. The van der Waals surface area contributed by atoms with Crippen LogP contribution in [0.2, 0.25) is 0 Å². The van der Waals surface area contributed by atoms with Gasteiger partial charge in [0, 0.05) is 0 Å². The Bertz CT molecular complexity index is 382. The van der Waals surface area contributed by atoms with Crippen LogP contribution in [0.4, 0.5) is 0 Å². The first-order valence-corrected chi connectivity index (χ1v) is 7.62. The molecule has 0 aromatic heterocycles. The van der Waals surface area contributed by atoms with Crippen LogP contribution < -0.4 is 0 Å². The molecule has 0 aliphatic carbocycles. The molecule has 0 heteroatoms. The van der Waals surface area contributed by atoms with E-state index in [1.165, 1.54) is 17.5 Å². The fourth-order valence-corrected chi connectivity index (χ4v) is 2.68. The minimum Gasteiger partial charge on any atom is -0.0776 e. The quantitative estimate of drug-likeness (QED) is 0.543. The van der Waals surface area contributed by atoms with Gasteiger partial charge in [0.05, 0.1) is 0 Å². The molecule has 0 aliphatic rings. The standard InChI is InChI=1S/C19H32.2CH4/c1-14(2)13-17(19(6,7)8)15-9-11-16(12-10-15)18(3,4)5;;/h9-12,14,17H,13H2,1-8H3;2*1H4. The molecule has 1 atom stereocenters. The molecule has 1 unspecified atom stereocenters. The maximum Gasteiger partial charge on any atom is -0.0111 e. The van der Waals surface area contributed by atoms with E-state index in [0.29, 0.717) is 11.3 Å². The summed E-state index contributed by atoms with van der Waals surface area (Å²) in [4.78, 5) is 0. The molecule has 1 aromatic rings. The lowest BCUT2D eigenvalue weighted by atomic mass is 9.72. The molecule has 124 valence electrons. The van der Waals surface area contributed by atoms with E-state index in [2.05, 4.69) is 79.7 Å². The Morgan fingerprint density at radius 3 is 1.52 bits per heavy atom. The third-order valence-electron chi connectivity index (χ3n) is 3.93. The normalized spacial score (nSPS) is 13.4. The van der Waals surface area contributed by atoms with Gasteiger partial charge in [0.2, 0.25) is 0 Å². The lowest BCUT2D eigenvalue weighted by Gasteiger charge is -2.33. The van der Waals surface area contributed by atoms with Gasteiger partial charge in [-0.25, -0.2) is 0 Å². The second-order valence-electron chi connectivity index (χ2n) is 8.42. The first-order chi connectivity index (χ1) is 8.51. The summed E-state index contributed by atoms with van der Waals surface area (Å²) in [5.74, 6) is 1.38. The van der Waals surface area contributed by atoms with Crippen molar-refractivity contribution in [1.29, 1.82) is 0 Å². The van der Waals surface area contributed by atoms with Crippen molar-refractivity contribution in [2.45, 2.75) is 88.0 Å².